The van der Waals surface area contributed by atoms with Crippen LogP contribution < -0.4 is 0 Å². The quantitative estimate of drug-likeness (QED) is 0.160. The van der Waals surface area contributed by atoms with E-state index in [0.717, 1.165) is 64.7 Å². The fourth-order valence-electron chi connectivity index (χ4n) is 6.92. The van der Waals surface area contributed by atoms with Gasteiger partial charge in [-0.05, 0) is 47.5 Å². The average Bonchev–Trinajstić information content (AvgIpc) is 3.67. The second-order valence-electron chi connectivity index (χ2n) is 13.5. The molecule has 0 atom stereocenters. The first-order valence-corrected chi connectivity index (χ1v) is 19.2. The molecule has 0 aliphatic carbocycles. The number of hydrogen-bond donors (Lipinski definition) is 0. The molecule has 0 amide bonds. The minimum Gasteiger partial charge on any atom is -0.208 e. The molecular formula is C49H29N7S. The van der Waals surface area contributed by atoms with Crippen LogP contribution in [0.3, 0.4) is 0 Å². The molecule has 266 valence electrons. The van der Waals surface area contributed by atoms with Crippen molar-refractivity contribution in [2.24, 2.45) is 0 Å². The maximum atomic E-state index is 9.40. The van der Waals surface area contributed by atoms with Crippen LogP contribution in [0.2, 0.25) is 0 Å². The molecule has 0 bridgehead atoms. The Labute approximate surface area is 332 Å². The topological polar surface area (TPSA) is 101 Å². The number of hydrogen-bond acceptors (Lipinski definition) is 8. The molecule has 3 heterocycles. The summed E-state index contributed by atoms with van der Waals surface area (Å²) in [7, 11) is 0. The highest BCUT2D eigenvalue weighted by atomic mass is 32.1. The van der Waals surface area contributed by atoms with Gasteiger partial charge in [0.1, 0.15) is 0 Å². The number of benzene rings is 7. The molecule has 7 aromatic carbocycles. The van der Waals surface area contributed by atoms with Crippen LogP contribution >= 0.6 is 11.3 Å². The van der Waals surface area contributed by atoms with Crippen molar-refractivity contribution < 1.29 is 0 Å². The van der Waals surface area contributed by atoms with Gasteiger partial charge in [0.15, 0.2) is 34.9 Å². The summed E-state index contributed by atoms with van der Waals surface area (Å²) in [6.45, 7) is 0. The van der Waals surface area contributed by atoms with E-state index in [1.165, 1.54) is 0 Å². The van der Waals surface area contributed by atoms with E-state index in [-0.39, 0.29) is 0 Å². The summed E-state index contributed by atoms with van der Waals surface area (Å²) in [4.78, 5) is 29.8. The summed E-state index contributed by atoms with van der Waals surface area (Å²) in [6.07, 6.45) is 0. The Morgan fingerprint density at radius 1 is 0.316 bits per heavy atom. The fraction of sp³-hybridized carbons (Fsp3) is 0. The van der Waals surface area contributed by atoms with Crippen molar-refractivity contribution in [1.82, 2.24) is 29.9 Å². The largest absolute Gasteiger partial charge is 0.208 e. The second kappa shape index (κ2) is 14.5. The van der Waals surface area contributed by atoms with Gasteiger partial charge < -0.3 is 0 Å². The van der Waals surface area contributed by atoms with E-state index in [2.05, 4.69) is 42.5 Å². The maximum absolute atomic E-state index is 9.40. The van der Waals surface area contributed by atoms with Crippen LogP contribution in [0.25, 0.3) is 99.6 Å². The number of aromatic nitrogens is 6. The lowest BCUT2D eigenvalue weighted by molar-refractivity contribution is 1.07. The molecule has 57 heavy (non-hydrogen) atoms. The van der Waals surface area contributed by atoms with Crippen molar-refractivity contribution in [2.75, 3.05) is 0 Å². The third-order valence-corrected chi connectivity index (χ3v) is 11.0. The SMILES string of the molecule is N#Cc1cccc(-c2ccc(-c3nc(-c4ccccc4)nc(-c4ccc5c(c4)sc4ccc(-c6nc(-c7ccccc7)nc(-c7ccccc7)n6)cc45)n3)cc2)c1. The van der Waals surface area contributed by atoms with E-state index in [9.17, 15) is 5.26 Å². The zero-order valence-corrected chi connectivity index (χ0v) is 31.1. The van der Waals surface area contributed by atoms with Gasteiger partial charge in [-0.15, -0.1) is 11.3 Å². The molecule has 0 spiro atoms. The number of thiophene rings is 1. The number of nitrogens with zero attached hydrogens (tertiary/aromatic N) is 7. The summed E-state index contributed by atoms with van der Waals surface area (Å²) in [5.41, 5.74) is 8.08. The molecule has 0 fully saturated rings. The lowest BCUT2D eigenvalue weighted by Crippen LogP contribution is -2.00. The van der Waals surface area contributed by atoms with Crippen molar-refractivity contribution >= 4 is 31.5 Å². The molecule has 0 saturated carbocycles. The molecule has 0 aliphatic rings. The summed E-state index contributed by atoms with van der Waals surface area (Å²) in [6, 6.07) is 60.8. The normalized spacial score (nSPS) is 11.1. The number of fused-ring (bicyclic) bond motifs is 3. The van der Waals surface area contributed by atoms with Crippen molar-refractivity contribution in [2.45, 2.75) is 0 Å². The van der Waals surface area contributed by atoms with E-state index in [0.29, 0.717) is 40.5 Å². The van der Waals surface area contributed by atoms with Crippen LogP contribution in [0.1, 0.15) is 5.56 Å². The Morgan fingerprint density at radius 2 is 0.737 bits per heavy atom. The lowest BCUT2D eigenvalue weighted by Gasteiger charge is -2.09. The number of nitriles is 1. The van der Waals surface area contributed by atoms with Gasteiger partial charge >= 0.3 is 0 Å². The maximum Gasteiger partial charge on any atom is 0.164 e. The van der Waals surface area contributed by atoms with Gasteiger partial charge in [0, 0.05) is 53.6 Å². The molecule has 10 rings (SSSR count). The van der Waals surface area contributed by atoms with Crippen molar-refractivity contribution in [1.29, 1.82) is 5.26 Å². The Hall–Kier alpha value is -7.73. The molecule has 0 aliphatic heterocycles. The predicted octanol–water partition coefficient (Wildman–Crippen LogP) is 12.0. The van der Waals surface area contributed by atoms with Crippen LogP contribution in [0.4, 0.5) is 0 Å². The van der Waals surface area contributed by atoms with E-state index >= 15 is 0 Å². The predicted molar refractivity (Wildman–Crippen MR) is 229 cm³/mol. The first-order chi connectivity index (χ1) is 28.1. The smallest absolute Gasteiger partial charge is 0.164 e. The average molecular weight is 748 g/mol. The van der Waals surface area contributed by atoms with E-state index < -0.39 is 0 Å². The zero-order chi connectivity index (χ0) is 38.1. The van der Waals surface area contributed by atoms with Crippen LogP contribution in [0.5, 0.6) is 0 Å². The van der Waals surface area contributed by atoms with Crippen LogP contribution in [-0.4, -0.2) is 29.9 Å². The standard InChI is InChI=1S/C49H29N7S/c50-30-31-11-10-18-37(27-31)32-19-21-36(22-20-32)47-52-46(35-16-8-3-9-17-35)55-49(56-47)39-23-25-40-41-28-38(24-26-42(41)57-43(40)29-39)48-53-44(33-12-4-1-5-13-33)51-45(54-48)34-14-6-2-7-15-34/h1-29H. The van der Waals surface area contributed by atoms with Gasteiger partial charge in [-0.2, -0.15) is 5.26 Å². The highest BCUT2D eigenvalue weighted by molar-refractivity contribution is 7.25. The summed E-state index contributed by atoms with van der Waals surface area (Å²) >= 11 is 1.73. The van der Waals surface area contributed by atoms with Crippen LogP contribution in [0, 0.1) is 11.3 Å². The van der Waals surface area contributed by atoms with Gasteiger partial charge in [0.25, 0.3) is 0 Å². The Bertz CT molecular complexity index is 3060. The van der Waals surface area contributed by atoms with Crippen molar-refractivity contribution in [3.05, 3.63) is 181 Å². The molecule has 3 aromatic heterocycles. The Morgan fingerprint density at radius 3 is 1.26 bits per heavy atom. The van der Waals surface area contributed by atoms with Gasteiger partial charge in [0.2, 0.25) is 0 Å². The van der Waals surface area contributed by atoms with Gasteiger partial charge in [-0.3, -0.25) is 0 Å². The van der Waals surface area contributed by atoms with E-state index in [1.807, 2.05) is 140 Å². The van der Waals surface area contributed by atoms with Crippen LogP contribution in [-0.2, 0) is 0 Å². The molecule has 0 N–H and O–H groups in total. The highest BCUT2D eigenvalue weighted by Crippen LogP contribution is 2.38. The third-order valence-electron chi connectivity index (χ3n) is 9.82. The molecule has 0 saturated heterocycles. The minimum absolute atomic E-state index is 0.583. The third kappa shape index (κ3) is 6.69. The van der Waals surface area contributed by atoms with Crippen molar-refractivity contribution in [3.8, 4) is 85.5 Å². The second-order valence-corrected chi connectivity index (χ2v) is 14.6. The molecule has 0 radical (unpaired) electrons. The highest BCUT2D eigenvalue weighted by Gasteiger charge is 2.17. The first-order valence-electron chi connectivity index (χ1n) is 18.4. The summed E-state index contributed by atoms with van der Waals surface area (Å²) < 4.78 is 2.28. The first kappa shape index (κ1) is 33.8. The van der Waals surface area contributed by atoms with Gasteiger partial charge in [-0.1, -0.05) is 140 Å². The molecule has 10 aromatic rings. The zero-order valence-electron chi connectivity index (χ0n) is 30.3. The van der Waals surface area contributed by atoms with Gasteiger partial charge in [0.05, 0.1) is 11.6 Å². The van der Waals surface area contributed by atoms with Crippen molar-refractivity contribution in [3.63, 3.8) is 0 Å². The molecule has 8 heteroatoms. The van der Waals surface area contributed by atoms with Crippen LogP contribution in [0.15, 0.2) is 176 Å². The van der Waals surface area contributed by atoms with E-state index in [1.54, 1.807) is 11.3 Å². The fourth-order valence-corrected chi connectivity index (χ4v) is 8.05. The summed E-state index contributed by atoms with van der Waals surface area (Å²) in [5.74, 6) is 3.66. The van der Waals surface area contributed by atoms with Gasteiger partial charge in [-0.25, -0.2) is 29.9 Å². The number of rotatable bonds is 7. The molecular weight excluding hydrogens is 719 g/mol. The van der Waals surface area contributed by atoms with E-state index in [4.69, 9.17) is 29.9 Å². The Kier molecular flexibility index (Phi) is 8.60. The summed E-state index contributed by atoms with van der Waals surface area (Å²) in [5, 5.41) is 11.7. The Balaban J connectivity index is 1.05. The lowest BCUT2D eigenvalue weighted by atomic mass is 10.0. The molecule has 7 nitrogen and oxygen atoms in total. The minimum atomic E-state index is 0.583. The molecule has 0 unspecified atom stereocenters. The monoisotopic (exact) mass is 747 g/mol.